The number of hydrogen-bond acceptors (Lipinski definition) is 5. The van der Waals surface area contributed by atoms with E-state index in [0.717, 1.165) is 33.4 Å². The molecule has 0 aliphatic heterocycles. The maximum atomic E-state index is 11.9. The Morgan fingerprint density at radius 1 is 0.605 bits per heavy atom. The van der Waals surface area contributed by atoms with Gasteiger partial charge in [-0.15, -0.1) is 0 Å². The van der Waals surface area contributed by atoms with Crippen LogP contribution in [0.4, 0.5) is 4.79 Å². The second-order valence-electron chi connectivity index (χ2n) is 8.92. The van der Waals surface area contributed by atoms with E-state index in [-0.39, 0.29) is 19.8 Å². The van der Waals surface area contributed by atoms with Crippen LogP contribution in [-0.4, -0.2) is 31.5 Å². The number of hydrogen-bond donors (Lipinski definition) is 1. The normalized spacial score (nSPS) is 11.1. The number of primary amides is 1. The Morgan fingerprint density at radius 3 is 1.13 bits per heavy atom. The van der Waals surface area contributed by atoms with Crippen LogP contribution in [0.5, 0.6) is 0 Å². The standard InChI is InChI=1S/C32H35NO5/c1-4-25-7-13-28(14-8-25)19-35-22-32(38-31(33)34,23-36-20-29-15-9-26(5-2)10-16-29)24-37-21-30-17-11-27(6-3)12-18-30/h4-18H,1-3,19-24H2,(H2,33,34). The monoisotopic (exact) mass is 513 g/mol. The number of carbonyl (C=O) groups excluding carboxylic acids is 1. The average Bonchev–Trinajstić information content (AvgIpc) is 2.94. The van der Waals surface area contributed by atoms with Gasteiger partial charge in [0.15, 0.2) is 5.60 Å². The van der Waals surface area contributed by atoms with E-state index in [0.29, 0.717) is 19.8 Å². The summed E-state index contributed by atoms with van der Waals surface area (Å²) in [6, 6.07) is 23.5. The molecule has 0 aliphatic rings. The molecule has 0 aliphatic carbocycles. The second kappa shape index (κ2) is 14.7. The first kappa shape index (κ1) is 28.6. The van der Waals surface area contributed by atoms with Crippen molar-refractivity contribution in [1.29, 1.82) is 0 Å². The van der Waals surface area contributed by atoms with E-state index in [4.69, 9.17) is 24.7 Å². The Hall–Kier alpha value is -3.97. The Kier molecular flexibility index (Phi) is 11.1. The SMILES string of the molecule is C=Cc1ccc(COCC(COCc2ccc(C=C)cc2)(COCc2ccc(C=C)cc2)OC(N)=O)cc1. The fourth-order valence-corrected chi connectivity index (χ4v) is 3.74. The molecule has 0 fully saturated rings. The summed E-state index contributed by atoms with van der Waals surface area (Å²) in [6.07, 6.45) is 4.41. The van der Waals surface area contributed by atoms with E-state index in [1.165, 1.54) is 0 Å². The molecule has 38 heavy (non-hydrogen) atoms. The molecule has 3 aromatic carbocycles. The third-order valence-electron chi connectivity index (χ3n) is 5.86. The summed E-state index contributed by atoms with van der Waals surface area (Å²) >= 11 is 0. The van der Waals surface area contributed by atoms with E-state index in [9.17, 15) is 4.79 Å². The van der Waals surface area contributed by atoms with E-state index >= 15 is 0 Å². The maximum absolute atomic E-state index is 11.9. The van der Waals surface area contributed by atoms with Crippen LogP contribution in [0, 0.1) is 0 Å². The van der Waals surface area contributed by atoms with Crippen molar-refractivity contribution in [2.75, 3.05) is 19.8 Å². The van der Waals surface area contributed by atoms with Crippen molar-refractivity contribution in [3.8, 4) is 0 Å². The van der Waals surface area contributed by atoms with Crippen LogP contribution < -0.4 is 5.73 Å². The lowest BCUT2D eigenvalue weighted by Gasteiger charge is -2.32. The highest BCUT2D eigenvalue weighted by Crippen LogP contribution is 2.19. The number of amides is 1. The molecule has 0 unspecified atom stereocenters. The van der Waals surface area contributed by atoms with Crippen molar-refractivity contribution in [2.45, 2.75) is 25.4 Å². The first-order valence-electron chi connectivity index (χ1n) is 12.3. The predicted octanol–water partition coefficient (Wildman–Crippen LogP) is 6.40. The van der Waals surface area contributed by atoms with Crippen molar-refractivity contribution in [2.24, 2.45) is 5.73 Å². The van der Waals surface area contributed by atoms with Gasteiger partial charge in [0.1, 0.15) is 0 Å². The largest absolute Gasteiger partial charge is 0.436 e. The molecule has 0 saturated heterocycles. The number of benzene rings is 3. The first-order valence-corrected chi connectivity index (χ1v) is 12.3. The molecule has 198 valence electrons. The number of rotatable bonds is 16. The molecule has 1 amide bonds. The van der Waals surface area contributed by atoms with Gasteiger partial charge in [0, 0.05) is 0 Å². The van der Waals surface area contributed by atoms with Crippen LogP contribution in [0.1, 0.15) is 33.4 Å². The Morgan fingerprint density at radius 2 is 0.895 bits per heavy atom. The van der Waals surface area contributed by atoms with E-state index in [1.54, 1.807) is 18.2 Å². The number of carbonyl (C=O) groups is 1. The number of ether oxygens (including phenoxy) is 4. The molecule has 2 N–H and O–H groups in total. The third-order valence-corrected chi connectivity index (χ3v) is 5.86. The summed E-state index contributed by atoms with van der Waals surface area (Å²) < 4.78 is 23.5. The van der Waals surface area contributed by atoms with Crippen LogP contribution in [0.3, 0.4) is 0 Å². The van der Waals surface area contributed by atoms with Crippen molar-refractivity contribution >= 4 is 24.3 Å². The molecule has 6 nitrogen and oxygen atoms in total. The summed E-state index contributed by atoms with van der Waals surface area (Å²) in [5, 5.41) is 0. The molecule has 3 rings (SSSR count). The minimum Gasteiger partial charge on any atom is -0.436 e. The summed E-state index contributed by atoms with van der Waals surface area (Å²) in [5.74, 6) is 0. The third kappa shape index (κ3) is 9.16. The highest BCUT2D eigenvalue weighted by atomic mass is 16.6. The molecule has 0 bridgehead atoms. The van der Waals surface area contributed by atoms with Gasteiger partial charge >= 0.3 is 6.09 Å². The summed E-state index contributed by atoms with van der Waals surface area (Å²) in [4.78, 5) is 11.9. The fourth-order valence-electron chi connectivity index (χ4n) is 3.74. The minimum atomic E-state index is -1.24. The van der Waals surface area contributed by atoms with Crippen LogP contribution in [0.25, 0.3) is 18.2 Å². The molecule has 0 saturated carbocycles. The zero-order chi connectivity index (χ0) is 27.2. The molecular weight excluding hydrogens is 478 g/mol. The van der Waals surface area contributed by atoms with Crippen LogP contribution in [0.2, 0.25) is 0 Å². The maximum Gasteiger partial charge on any atom is 0.405 e. The highest BCUT2D eigenvalue weighted by Gasteiger charge is 2.36. The predicted molar refractivity (Wildman–Crippen MR) is 152 cm³/mol. The summed E-state index contributed by atoms with van der Waals surface area (Å²) in [6.45, 7) is 12.4. The van der Waals surface area contributed by atoms with Gasteiger partial charge in [-0.2, -0.15) is 0 Å². The minimum absolute atomic E-state index is 0.0317. The first-order chi connectivity index (χ1) is 18.4. The van der Waals surface area contributed by atoms with Gasteiger partial charge in [-0.1, -0.05) is 111 Å². The fraction of sp³-hybridized carbons (Fsp3) is 0.219. The van der Waals surface area contributed by atoms with E-state index < -0.39 is 11.7 Å². The van der Waals surface area contributed by atoms with E-state index in [1.807, 2.05) is 72.8 Å². The zero-order valence-electron chi connectivity index (χ0n) is 21.6. The number of nitrogens with two attached hydrogens (primary N) is 1. The van der Waals surface area contributed by atoms with Crippen LogP contribution in [0.15, 0.2) is 92.5 Å². The quantitative estimate of drug-likeness (QED) is 0.240. The molecule has 0 atom stereocenters. The zero-order valence-corrected chi connectivity index (χ0v) is 21.6. The van der Waals surface area contributed by atoms with Gasteiger partial charge in [-0.05, 0) is 33.4 Å². The molecule has 0 spiro atoms. The second-order valence-corrected chi connectivity index (χ2v) is 8.92. The van der Waals surface area contributed by atoms with Crippen LogP contribution >= 0.6 is 0 Å². The van der Waals surface area contributed by atoms with Crippen molar-refractivity contribution in [3.63, 3.8) is 0 Å². The van der Waals surface area contributed by atoms with E-state index in [2.05, 4.69) is 19.7 Å². The molecule has 3 aromatic rings. The Balaban J connectivity index is 1.68. The molecule has 6 heteroatoms. The van der Waals surface area contributed by atoms with Gasteiger partial charge in [-0.25, -0.2) is 4.79 Å². The van der Waals surface area contributed by atoms with Gasteiger partial charge < -0.3 is 24.7 Å². The van der Waals surface area contributed by atoms with Gasteiger partial charge in [0.05, 0.1) is 39.6 Å². The topological polar surface area (TPSA) is 80.0 Å². The Bertz CT molecular complexity index is 1040. The smallest absolute Gasteiger partial charge is 0.405 e. The molecular formula is C32H35NO5. The van der Waals surface area contributed by atoms with Crippen molar-refractivity contribution in [3.05, 3.63) is 126 Å². The Labute approximate surface area is 225 Å². The lowest BCUT2D eigenvalue weighted by atomic mass is 10.1. The van der Waals surface area contributed by atoms with Crippen molar-refractivity contribution in [1.82, 2.24) is 0 Å². The summed E-state index contributed by atoms with van der Waals surface area (Å²) in [5.41, 5.74) is 10.2. The lowest BCUT2D eigenvalue weighted by Crippen LogP contribution is -2.49. The highest BCUT2D eigenvalue weighted by molar-refractivity contribution is 5.65. The molecule has 0 heterocycles. The summed E-state index contributed by atoms with van der Waals surface area (Å²) in [7, 11) is 0. The van der Waals surface area contributed by atoms with Gasteiger partial charge in [-0.3, -0.25) is 0 Å². The van der Waals surface area contributed by atoms with Gasteiger partial charge in [0.2, 0.25) is 0 Å². The average molecular weight is 514 g/mol. The van der Waals surface area contributed by atoms with Gasteiger partial charge in [0.25, 0.3) is 0 Å². The van der Waals surface area contributed by atoms with Crippen LogP contribution in [-0.2, 0) is 38.8 Å². The lowest BCUT2D eigenvalue weighted by molar-refractivity contribution is -0.140. The molecule has 0 aromatic heterocycles. The molecule has 0 radical (unpaired) electrons. The van der Waals surface area contributed by atoms with Crippen molar-refractivity contribution < 1.29 is 23.7 Å².